The van der Waals surface area contributed by atoms with Crippen LogP contribution >= 0.6 is 0 Å². The van der Waals surface area contributed by atoms with Crippen molar-refractivity contribution < 1.29 is 27.4 Å². The van der Waals surface area contributed by atoms with Gasteiger partial charge in [-0.25, -0.2) is 13.2 Å². The maximum atomic E-state index is 13.6. The zero-order valence-electron chi connectivity index (χ0n) is 18.9. The molecular formula is C24H26N2O7S. The molecule has 0 amide bonds. The Kier molecular flexibility index (Phi) is 7.01. The van der Waals surface area contributed by atoms with E-state index in [1.807, 2.05) is 0 Å². The van der Waals surface area contributed by atoms with Gasteiger partial charge >= 0.3 is 5.97 Å². The third kappa shape index (κ3) is 4.98. The van der Waals surface area contributed by atoms with E-state index in [2.05, 4.69) is 4.98 Å². The van der Waals surface area contributed by atoms with Crippen molar-refractivity contribution in [1.82, 2.24) is 9.29 Å². The molecule has 0 aliphatic carbocycles. The number of aromatic amines is 1. The number of nitrogens with one attached hydrogen (secondary N) is 1. The molecule has 1 aromatic heterocycles. The standard InChI is InChI=1S/C24H26N2O7S/c1-31-19-9-8-16-11-18(23(27)25-22(16)13-19)14-26(15-20-6-4-10-33-20)34(29,30)21-7-3-5-17(12-21)24(28)32-2/h3,5,7-9,11-13,20H,4,6,10,14-15H2,1-2H3,(H,25,27)/t20-/m0/s1. The minimum Gasteiger partial charge on any atom is -0.497 e. The Hall–Kier alpha value is -3.21. The summed E-state index contributed by atoms with van der Waals surface area (Å²) in [5, 5.41) is 0.748. The molecule has 2 heterocycles. The SMILES string of the molecule is COC(=O)c1cccc(S(=O)(=O)N(Cc2cc3ccc(OC)cc3[nH]c2=O)C[C@@H]2CCCO2)c1. The van der Waals surface area contributed by atoms with Gasteiger partial charge in [-0.2, -0.15) is 4.31 Å². The first-order valence-corrected chi connectivity index (χ1v) is 12.3. The van der Waals surface area contributed by atoms with Crippen molar-refractivity contribution in [3.05, 3.63) is 70.0 Å². The smallest absolute Gasteiger partial charge is 0.337 e. The van der Waals surface area contributed by atoms with Crippen molar-refractivity contribution >= 4 is 26.9 Å². The average molecular weight is 487 g/mol. The van der Waals surface area contributed by atoms with Gasteiger partial charge in [0.1, 0.15) is 5.75 Å². The molecule has 10 heteroatoms. The Morgan fingerprint density at radius 1 is 1.18 bits per heavy atom. The Morgan fingerprint density at radius 2 is 2.00 bits per heavy atom. The monoisotopic (exact) mass is 486 g/mol. The molecule has 1 aliphatic heterocycles. The molecule has 1 saturated heterocycles. The van der Waals surface area contributed by atoms with Crippen molar-refractivity contribution in [2.45, 2.75) is 30.4 Å². The minimum atomic E-state index is -4.06. The Balaban J connectivity index is 1.72. The van der Waals surface area contributed by atoms with Crippen LogP contribution in [0, 0.1) is 0 Å². The van der Waals surface area contributed by atoms with E-state index in [-0.39, 0.29) is 29.7 Å². The number of ether oxygens (including phenoxy) is 3. The van der Waals surface area contributed by atoms with Crippen molar-refractivity contribution in [1.29, 1.82) is 0 Å². The van der Waals surface area contributed by atoms with Gasteiger partial charge in [0.25, 0.3) is 5.56 Å². The van der Waals surface area contributed by atoms with Gasteiger partial charge in [0, 0.05) is 31.3 Å². The van der Waals surface area contributed by atoms with Crippen LogP contribution in [0.1, 0.15) is 28.8 Å². The van der Waals surface area contributed by atoms with Gasteiger partial charge in [-0.05, 0) is 54.6 Å². The lowest BCUT2D eigenvalue weighted by Crippen LogP contribution is -2.38. The third-order valence-electron chi connectivity index (χ3n) is 5.80. The lowest BCUT2D eigenvalue weighted by Gasteiger charge is -2.25. The normalized spacial score (nSPS) is 16.1. The van der Waals surface area contributed by atoms with Crippen molar-refractivity contribution in [2.24, 2.45) is 0 Å². The molecule has 3 aromatic rings. The maximum absolute atomic E-state index is 13.6. The molecule has 1 aliphatic rings. The highest BCUT2D eigenvalue weighted by Crippen LogP contribution is 2.24. The number of sulfonamides is 1. The van der Waals surface area contributed by atoms with E-state index in [9.17, 15) is 18.0 Å². The molecule has 4 rings (SSSR count). The Bertz CT molecular complexity index is 1360. The van der Waals surface area contributed by atoms with Gasteiger partial charge in [0.2, 0.25) is 10.0 Å². The topological polar surface area (TPSA) is 115 Å². The molecule has 9 nitrogen and oxygen atoms in total. The first-order valence-electron chi connectivity index (χ1n) is 10.8. The Labute approximate surface area is 197 Å². The third-order valence-corrected chi connectivity index (χ3v) is 7.61. The maximum Gasteiger partial charge on any atom is 0.337 e. The second-order valence-corrected chi connectivity index (χ2v) is 9.97. The number of esters is 1. The van der Waals surface area contributed by atoms with Crippen LogP contribution in [0.4, 0.5) is 0 Å². The van der Waals surface area contributed by atoms with Crippen LogP contribution < -0.4 is 10.3 Å². The summed E-state index contributed by atoms with van der Waals surface area (Å²) in [6, 6.07) is 12.6. The zero-order valence-corrected chi connectivity index (χ0v) is 19.8. The largest absolute Gasteiger partial charge is 0.497 e. The van der Waals surface area contributed by atoms with E-state index in [0.29, 0.717) is 23.4 Å². The molecule has 180 valence electrons. The van der Waals surface area contributed by atoms with Crippen LogP contribution in [0.15, 0.2) is 58.2 Å². The number of H-pyrrole nitrogens is 1. The molecule has 0 spiro atoms. The summed E-state index contributed by atoms with van der Waals surface area (Å²) in [5.74, 6) is -0.0342. The zero-order chi connectivity index (χ0) is 24.3. The number of methoxy groups -OCH3 is 2. The molecule has 0 bridgehead atoms. The van der Waals surface area contributed by atoms with E-state index < -0.39 is 21.6 Å². The summed E-state index contributed by atoms with van der Waals surface area (Å²) in [5.41, 5.74) is 0.616. The molecule has 0 saturated carbocycles. The highest BCUT2D eigenvalue weighted by molar-refractivity contribution is 7.89. The minimum absolute atomic E-state index is 0.0599. The van der Waals surface area contributed by atoms with E-state index in [1.54, 1.807) is 24.3 Å². The van der Waals surface area contributed by atoms with Crippen LogP contribution in [0.5, 0.6) is 5.75 Å². The molecule has 34 heavy (non-hydrogen) atoms. The number of benzene rings is 2. The van der Waals surface area contributed by atoms with Gasteiger partial charge in [-0.3, -0.25) is 4.79 Å². The molecule has 1 N–H and O–H groups in total. The van der Waals surface area contributed by atoms with Gasteiger partial charge < -0.3 is 19.2 Å². The number of fused-ring (bicyclic) bond motifs is 1. The lowest BCUT2D eigenvalue weighted by atomic mass is 10.1. The summed E-state index contributed by atoms with van der Waals surface area (Å²) in [6.45, 7) is 0.502. The number of hydrogen-bond donors (Lipinski definition) is 1. The molecule has 0 unspecified atom stereocenters. The molecule has 1 fully saturated rings. The second-order valence-electron chi connectivity index (χ2n) is 8.03. The van der Waals surface area contributed by atoms with Crippen LogP contribution in [0.2, 0.25) is 0 Å². The number of aromatic nitrogens is 1. The molecular weight excluding hydrogens is 460 g/mol. The molecule has 1 atom stereocenters. The number of hydrogen-bond acceptors (Lipinski definition) is 7. The fourth-order valence-electron chi connectivity index (χ4n) is 3.97. The Morgan fingerprint density at radius 3 is 2.71 bits per heavy atom. The van der Waals surface area contributed by atoms with Crippen LogP contribution in [-0.2, 0) is 26.0 Å². The summed E-state index contributed by atoms with van der Waals surface area (Å²) >= 11 is 0. The van der Waals surface area contributed by atoms with Crippen molar-refractivity contribution in [3.8, 4) is 5.75 Å². The number of nitrogens with zero attached hydrogens (tertiary/aromatic N) is 1. The lowest BCUT2D eigenvalue weighted by molar-refractivity contribution is 0.0600. The quantitative estimate of drug-likeness (QED) is 0.487. The summed E-state index contributed by atoms with van der Waals surface area (Å²) in [4.78, 5) is 27.5. The highest BCUT2D eigenvalue weighted by atomic mass is 32.2. The number of pyridine rings is 1. The van der Waals surface area contributed by atoms with E-state index in [1.165, 1.54) is 42.8 Å². The second kappa shape index (κ2) is 9.96. The highest BCUT2D eigenvalue weighted by Gasteiger charge is 2.30. The fourth-order valence-corrected chi connectivity index (χ4v) is 5.47. The van der Waals surface area contributed by atoms with Gasteiger partial charge in [-0.1, -0.05) is 6.07 Å². The van der Waals surface area contributed by atoms with Crippen molar-refractivity contribution in [3.63, 3.8) is 0 Å². The molecule has 2 aromatic carbocycles. The van der Waals surface area contributed by atoms with Gasteiger partial charge in [0.15, 0.2) is 0 Å². The number of carbonyl (C=O) groups is 1. The van der Waals surface area contributed by atoms with Crippen molar-refractivity contribution in [2.75, 3.05) is 27.4 Å². The van der Waals surface area contributed by atoms with Crippen LogP contribution in [-0.4, -0.2) is 57.2 Å². The predicted molar refractivity (Wildman–Crippen MR) is 125 cm³/mol. The fraction of sp³-hybridized carbons (Fsp3) is 0.333. The number of carbonyl (C=O) groups excluding carboxylic acids is 1. The first kappa shape index (κ1) is 23.9. The summed E-state index contributed by atoms with van der Waals surface area (Å²) < 4.78 is 44.1. The summed E-state index contributed by atoms with van der Waals surface area (Å²) in [7, 11) is -1.29. The van der Waals surface area contributed by atoms with Gasteiger partial charge in [-0.15, -0.1) is 0 Å². The van der Waals surface area contributed by atoms with E-state index in [0.717, 1.165) is 18.2 Å². The van der Waals surface area contributed by atoms with Gasteiger partial charge in [0.05, 0.1) is 36.3 Å². The first-order chi connectivity index (χ1) is 16.3. The van der Waals surface area contributed by atoms with E-state index >= 15 is 0 Å². The average Bonchev–Trinajstić information content (AvgIpc) is 3.36. The predicted octanol–water partition coefficient (Wildman–Crippen LogP) is 2.69. The molecule has 0 radical (unpaired) electrons. The van der Waals surface area contributed by atoms with Crippen LogP contribution in [0.25, 0.3) is 10.9 Å². The number of rotatable bonds is 8. The summed E-state index contributed by atoms with van der Waals surface area (Å²) in [6.07, 6.45) is 1.29. The van der Waals surface area contributed by atoms with Crippen LogP contribution in [0.3, 0.4) is 0 Å². The van der Waals surface area contributed by atoms with E-state index in [4.69, 9.17) is 14.2 Å².